The molecule has 1 fully saturated rings. The normalized spacial score (nSPS) is 34.9. The van der Waals surface area contributed by atoms with Crippen molar-refractivity contribution in [2.24, 2.45) is 11.7 Å². The number of hydrogen-bond acceptors (Lipinski definition) is 2. The van der Waals surface area contributed by atoms with Gasteiger partial charge in [-0.25, -0.2) is 0 Å². The highest BCUT2D eigenvalue weighted by molar-refractivity contribution is 5.78. The lowest BCUT2D eigenvalue weighted by atomic mass is 10.0. The maximum atomic E-state index is 10.7. The number of Topliss-reactive ketones (excluding diaryl/α,β-unsaturated/α-hetero) is 1. The second-order valence-electron chi connectivity index (χ2n) is 2.88. The Morgan fingerprint density at radius 1 is 1.56 bits per heavy atom. The third-order valence-corrected chi connectivity index (χ3v) is 2.05. The number of ketones is 1. The van der Waals surface area contributed by atoms with Gasteiger partial charge in [0.25, 0.3) is 0 Å². The zero-order valence-corrected chi connectivity index (χ0v) is 5.76. The fraction of sp³-hybridized carbons (Fsp3) is 0.857. The molecule has 0 bridgehead atoms. The first-order valence-corrected chi connectivity index (χ1v) is 3.46. The van der Waals surface area contributed by atoms with E-state index in [0.717, 1.165) is 19.3 Å². The number of carbonyl (C=O) groups is 1. The Morgan fingerprint density at radius 2 is 2.22 bits per heavy atom. The summed E-state index contributed by atoms with van der Waals surface area (Å²) in [5.41, 5.74) is 5.61. The molecule has 1 saturated carbocycles. The molecule has 2 nitrogen and oxygen atoms in total. The van der Waals surface area contributed by atoms with Gasteiger partial charge in [-0.2, -0.15) is 0 Å². The molecule has 2 atom stereocenters. The first kappa shape index (κ1) is 6.75. The number of hydrogen-bond donors (Lipinski definition) is 1. The maximum absolute atomic E-state index is 10.7. The van der Waals surface area contributed by atoms with E-state index in [1.54, 1.807) is 6.92 Å². The maximum Gasteiger partial charge on any atom is 0.132 e. The van der Waals surface area contributed by atoms with Crippen molar-refractivity contribution in [1.82, 2.24) is 0 Å². The van der Waals surface area contributed by atoms with Gasteiger partial charge in [0.05, 0.1) is 0 Å². The van der Waals surface area contributed by atoms with Crippen LogP contribution < -0.4 is 5.73 Å². The highest BCUT2D eigenvalue weighted by Crippen LogP contribution is 2.24. The molecule has 0 radical (unpaired) electrons. The lowest BCUT2D eigenvalue weighted by Gasteiger charge is -2.01. The van der Waals surface area contributed by atoms with Crippen molar-refractivity contribution in [3.8, 4) is 0 Å². The molecular formula is C7H13NO. The molecule has 0 aromatic carbocycles. The molecule has 0 saturated heterocycles. The van der Waals surface area contributed by atoms with Crippen LogP contribution in [0.25, 0.3) is 0 Å². The number of nitrogens with two attached hydrogens (primary N) is 1. The Bertz CT molecular complexity index is 122. The molecule has 0 aromatic heterocycles. The lowest BCUT2D eigenvalue weighted by Crippen LogP contribution is -2.16. The molecule has 52 valence electrons. The minimum absolute atomic E-state index is 0.278. The predicted octanol–water partition coefficient (Wildman–Crippen LogP) is 0.703. The topological polar surface area (TPSA) is 43.1 Å². The Morgan fingerprint density at radius 3 is 2.44 bits per heavy atom. The van der Waals surface area contributed by atoms with Gasteiger partial charge in [-0.05, 0) is 26.2 Å². The van der Waals surface area contributed by atoms with Crippen LogP contribution in [0.15, 0.2) is 0 Å². The van der Waals surface area contributed by atoms with Gasteiger partial charge in [0.2, 0.25) is 0 Å². The minimum atomic E-state index is 0.278. The fourth-order valence-corrected chi connectivity index (χ4v) is 1.39. The van der Waals surface area contributed by atoms with Gasteiger partial charge in [-0.15, -0.1) is 0 Å². The molecule has 1 aliphatic rings. The summed E-state index contributed by atoms with van der Waals surface area (Å²) in [5, 5.41) is 0. The van der Waals surface area contributed by atoms with Crippen molar-refractivity contribution in [2.45, 2.75) is 32.2 Å². The summed E-state index contributed by atoms with van der Waals surface area (Å²) >= 11 is 0. The van der Waals surface area contributed by atoms with E-state index >= 15 is 0 Å². The van der Waals surface area contributed by atoms with Crippen LogP contribution in [0.1, 0.15) is 26.2 Å². The van der Waals surface area contributed by atoms with Crippen LogP contribution in [0.4, 0.5) is 0 Å². The van der Waals surface area contributed by atoms with Gasteiger partial charge in [-0.1, -0.05) is 0 Å². The van der Waals surface area contributed by atoms with Crippen LogP contribution in [-0.2, 0) is 4.79 Å². The molecular weight excluding hydrogens is 114 g/mol. The molecule has 0 aliphatic heterocycles. The van der Waals surface area contributed by atoms with E-state index in [9.17, 15) is 4.79 Å². The highest BCUT2D eigenvalue weighted by atomic mass is 16.1. The largest absolute Gasteiger partial charge is 0.328 e. The van der Waals surface area contributed by atoms with Crippen molar-refractivity contribution in [2.75, 3.05) is 0 Å². The summed E-state index contributed by atoms with van der Waals surface area (Å²) in [6, 6.07) is 0.291. The Labute approximate surface area is 55.4 Å². The molecule has 0 aromatic rings. The van der Waals surface area contributed by atoms with Crippen molar-refractivity contribution in [3.63, 3.8) is 0 Å². The van der Waals surface area contributed by atoms with Gasteiger partial charge in [0, 0.05) is 12.0 Å². The SMILES string of the molecule is CC(=O)[C@@H]1CC[C@H](N)C1. The van der Waals surface area contributed by atoms with Gasteiger partial charge < -0.3 is 5.73 Å². The van der Waals surface area contributed by atoms with E-state index in [-0.39, 0.29) is 5.92 Å². The van der Waals surface area contributed by atoms with E-state index in [0.29, 0.717) is 11.8 Å². The molecule has 0 unspecified atom stereocenters. The Hall–Kier alpha value is -0.370. The summed E-state index contributed by atoms with van der Waals surface area (Å²) < 4.78 is 0. The van der Waals surface area contributed by atoms with Crippen LogP contribution >= 0.6 is 0 Å². The van der Waals surface area contributed by atoms with Crippen LogP contribution in [-0.4, -0.2) is 11.8 Å². The summed E-state index contributed by atoms with van der Waals surface area (Å²) in [5.74, 6) is 0.586. The third-order valence-electron chi connectivity index (χ3n) is 2.05. The van der Waals surface area contributed by atoms with E-state index in [1.165, 1.54) is 0 Å². The van der Waals surface area contributed by atoms with Crippen molar-refractivity contribution in [3.05, 3.63) is 0 Å². The second-order valence-corrected chi connectivity index (χ2v) is 2.88. The molecule has 0 amide bonds. The second kappa shape index (κ2) is 2.48. The van der Waals surface area contributed by atoms with E-state index in [4.69, 9.17) is 5.73 Å². The van der Waals surface area contributed by atoms with Crippen LogP contribution in [0.3, 0.4) is 0 Å². The summed E-state index contributed by atoms with van der Waals surface area (Å²) in [7, 11) is 0. The van der Waals surface area contributed by atoms with E-state index in [1.807, 2.05) is 0 Å². The van der Waals surface area contributed by atoms with Crippen molar-refractivity contribution < 1.29 is 4.79 Å². The van der Waals surface area contributed by atoms with Gasteiger partial charge >= 0.3 is 0 Å². The zero-order valence-electron chi connectivity index (χ0n) is 5.76. The molecule has 0 heterocycles. The van der Waals surface area contributed by atoms with Gasteiger partial charge in [0.15, 0.2) is 0 Å². The summed E-state index contributed by atoms with van der Waals surface area (Å²) in [6.45, 7) is 1.66. The molecule has 9 heavy (non-hydrogen) atoms. The van der Waals surface area contributed by atoms with E-state index < -0.39 is 0 Å². The first-order chi connectivity index (χ1) is 4.20. The lowest BCUT2D eigenvalue weighted by molar-refractivity contribution is -0.120. The predicted molar refractivity (Wildman–Crippen MR) is 36.0 cm³/mol. The fourth-order valence-electron chi connectivity index (χ4n) is 1.39. The van der Waals surface area contributed by atoms with Crippen LogP contribution in [0.2, 0.25) is 0 Å². The standard InChI is InChI=1S/C7H13NO/c1-5(9)6-2-3-7(8)4-6/h6-7H,2-4,8H2,1H3/t6-,7+/m1/s1. The van der Waals surface area contributed by atoms with Crippen molar-refractivity contribution >= 4 is 5.78 Å². The third kappa shape index (κ3) is 1.52. The van der Waals surface area contributed by atoms with Crippen LogP contribution in [0.5, 0.6) is 0 Å². The Kier molecular flexibility index (Phi) is 1.86. The summed E-state index contributed by atoms with van der Waals surface area (Å²) in [4.78, 5) is 10.7. The molecule has 2 heteroatoms. The number of carbonyl (C=O) groups excluding carboxylic acids is 1. The van der Waals surface area contributed by atoms with Gasteiger partial charge in [-0.3, -0.25) is 4.79 Å². The van der Waals surface area contributed by atoms with Gasteiger partial charge in [0.1, 0.15) is 5.78 Å². The number of rotatable bonds is 1. The minimum Gasteiger partial charge on any atom is -0.328 e. The molecule has 1 rings (SSSR count). The zero-order chi connectivity index (χ0) is 6.85. The molecule has 1 aliphatic carbocycles. The van der Waals surface area contributed by atoms with Crippen LogP contribution in [0, 0.1) is 5.92 Å². The Balaban J connectivity index is 2.39. The molecule has 2 N–H and O–H groups in total. The smallest absolute Gasteiger partial charge is 0.132 e. The summed E-state index contributed by atoms with van der Waals surface area (Å²) in [6.07, 6.45) is 2.95. The monoisotopic (exact) mass is 127 g/mol. The highest BCUT2D eigenvalue weighted by Gasteiger charge is 2.24. The average molecular weight is 127 g/mol. The molecule has 0 spiro atoms. The average Bonchev–Trinajstić information content (AvgIpc) is 2.14. The quantitative estimate of drug-likeness (QED) is 0.563. The van der Waals surface area contributed by atoms with E-state index in [2.05, 4.69) is 0 Å². The van der Waals surface area contributed by atoms with Crippen molar-refractivity contribution in [1.29, 1.82) is 0 Å². The first-order valence-electron chi connectivity index (χ1n) is 3.46.